The lowest BCUT2D eigenvalue weighted by molar-refractivity contribution is -0.125. The first-order chi connectivity index (χ1) is 12.5. The van der Waals surface area contributed by atoms with Crippen LogP contribution in [0.4, 0.5) is 5.69 Å². The van der Waals surface area contributed by atoms with Crippen LogP contribution in [0, 0.1) is 6.92 Å². The number of benzene rings is 1. The maximum absolute atomic E-state index is 13.2. The van der Waals surface area contributed by atoms with Crippen molar-refractivity contribution in [2.75, 3.05) is 24.5 Å². The molecular weight excluding hydrogens is 328 g/mol. The largest absolute Gasteiger partial charge is 0.368 e. The first-order valence-electron chi connectivity index (χ1n) is 8.84. The molecule has 2 N–H and O–H groups in total. The minimum Gasteiger partial charge on any atom is -0.368 e. The highest BCUT2D eigenvalue weighted by Gasteiger charge is 2.54. The van der Waals surface area contributed by atoms with Crippen molar-refractivity contribution in [1.29, 1.82) is 0 Å². The number of carbonyl (C=O) groups is 2. The van der Waals surface area contributed by atoms with E-state index in [-0.39, 0.29) is 12.5 Å². The smallest absolute Gasteiger partial charge is 0.239 e. The van der Waals surface area contributed by atoms with E-state index < -0.39 is 11.3 Å². The molecule has 1 fully saturated rings. The van der Waals surface area contributed by atoms with Crippen molar-refractivity contribution in [2.45, 2.75) is 25.3 Å². The molecule has 1 atom stereocenters. The molecule has 0 saturated carbocycles. The van der Waals surface area contributed by atoms with Gasteiger partial charge in [0.15, 0.2) is 0 Å². The Morgan fingerprint density at radius 3 is 2.81 bits per heavy atom. The van der Waals surface area contributed by atoms with E-state index in [2.05, 4.69) is 9.88 Å². The highest BCUT2D eigenvalue weighted by Crippen LogP contribution is 2.47. The lowest BCUT2D eigenvalue weighted by Gasteiger charge is -2.24. The van der Waals surface area contributed by atoms with Crippen LogP contribution in [0.25, 0.3) is 0 Å². The van der Waals surface area contributed by atoms with Crippen molar-refractivity contribution in [3.8, 4) is 0 Å². The Bertz CT molecular complexity index is 882. The molecule has 3 heterocycles. The van der Waals surface area contributed by atoms with Crippen LogP contribution in [-0.4, -0.2) is 41.3 Å². The molecule has 26 heavy (non-hydrogen) atoms. The molecule has 0 unspecified atom stereocenters. The lowest BCUT2D eigenvalue weighted by atomic mass is 9.81. The summed E-state index contributed by atoms with van der Waals surface area (Å²) in [6.45, 7) is 4.08. The second-order valence-corrected chi connectivity index (χ2v) is 7.19. The number of amides is 2. The topological polar surface area (TPSA) is 79.5 Å². The molecule has 134 valence electrons. The maximum atomic E-state index is 13.2. The number of anilines is 1. The molecule has 1 saturated heterocycles. The summed E-state index contributed by atoms with van der Waals surface area (Å²) in [6, 6.07) is 13.7. The lowest BCUT2D eigenvalue weighted by Crippen LogP contribution is -2.45. The monoisotopic (exact) mass is 350 g/mol. The zero-order chi connectivity index (χ0) is 18.3. The Hall–Kier alpha value is -2.73. The molecule has 2 aliphatic heterocycles. The maximum Gasteiger partial charge on any atom is 0.239 e. The second-order valence-electron chi connectivity index (χ2n) is 7.19. The first kappa shape index (κ1) is 16.7. The minimum absolute atomic E-state index is 0.0165. The second kappa shape index (κ2) is 6.21. The zero-order valence-electron chi connectivity index (χ0n) is 14.8. The Morgan fingerprint density at radius 1 is 1.23 bits per heavy atom. The Balaban J connectivity index is 1.62. The van der Waals surface area contributed by atoms with Gasteiger partial charge in [-0.05, 0) is 37.1 Å². The summed E-state index contributed by atoms with van der Waals surface area (Å²) in [5, 5.41) is 0. The summed E-state index contributed by atoms with van der Waals surface area (Å²) in [5.41, 5.74) is 8.60. The first-order valence-corrected chi connectivity index (χ1v) is 8.84. The number of hydrogen-bond donors (Lipinski definition) is 1. The van der Waals surface area contributed by atoms with Crippen LogP contribution in [0.15, 0.2) is 42.5 Å². The zero-order valence-corrected chi connectivity index (χ0v) is 14.8. The molecule has 6 nitrogen and oxygen atoms in total. The number of hydrogen-bond acceptors (Lipinski definition) is 4. The Morgan fingerprint density at radius 2 is 2.04 bits per heavy atom. The summed E-state index contributed by atoms with van der Waals surface area (Å²) in [4.78, 5) is 33.1. The van der Waals surface area contributed by atoms with Gasteiger partial charge in [-0.15, -0.1) is 0 Å². The number of para-hydroxylation sites is 1. The molecule has 2 aliphatic rings. The van der Waals surface area contributed by atoms with E-state index >= 15 is 0 Å². The molecule has 2 amide bonds. The van der Waals surface area contributed by atoms with Crippen LogP contribution in [-0.2, 0) is 21.5 Å². The van der Waals surface area contributed by atoms with E-state index in [1.807, 2.05) is 49.4 Å². The average Bonchev–Trinajstić information content (AvgIpc) is 3.12. The average molecular weight is 350 g/mol. The molecule has 1 spiro atoms. The molecule has 0 aliphatic carbocycles. The SMILES string of the molecule is Cc1cccc(CN2CC[C@@]3(C2)C(=O)N(CC(N)=O)c2ccccc23)n1. The fraction of sp³-hybridized carbons (Fsp3) is 0.350. The van der Waals surface area contributed by atoms with E-state index in [9.17, 15) is 9.59 Å². The van der Waals surface area contributed by atoms with Gasteiger partial charge in [0, 0.05) is 31.0 Å². The van der Waals surface area contributed by atoms with E-state index in [4.69, 9.17) is 5.73 Å². The standard InChI is InChI=1S/C20H22N4O2/c1-14-5-4-6-15(22-14)11-23-10-9-20(13-23)16-7-2-3-8-17(16)24(19(20)26)12-18(21)25/h2-8H,9-13H2,1H3,(H2,21,25)/t20-/m0/s1. The van der Waals surface area contributed by atoms with Gasteiger partial charge in [0.05, 0.1) is 11.1 Å². The summed E-state index contributed by atoms with van der Waals surface area (Å²) in [5.74, 6) is -0.513. The van der Waals surface area contributed by atoms with Gasteiger partial charge in [-0.3, -0.25) is 19.5 Å². The van der Waals surface area contributed by atoms with E-state index in [1.54, 1.807) is 4.90 Å². The van der Waals surface area contributed by atoms with Gasteiger partial charge in [-0.25, -0.2) is 0 Å². The van der Waals surface area contributed by atoms with Crippen molar-refractivity contribution in [1.82, 2.24) is 9.88 Å². The number of aryl methyl sites for hydroxylation is 1. The van der Waals surface area contributed by atoms with E-state index in [0.717, 1.165) is 35.6 Å². The molecule has 1 aromatic heterocycles. The fourth-order valence-electron chi connectivity index (χ4n) is 4.24. The molecule has 2 aromatic rings. The highest BCUT2D eigenvalue weighted by molar-refractivity contribution is 6.11. The predicted molar refractivity (Wildman–Crippen MR) is 98.5 cm³/mol. The van der Waals surface area contributed by atoms with Gasteiger partial charge in [-0.2, -0.15) is 0 Å². The van der Waals surface area contributed by atoms with Gasteiger partial charge >= 0.3 is 0 Å². The minimum atomic E-state index is -0.587. The number of fused-ring (bicyclic) bond motifs is 2. The molecule has 6 heteroatoms. The summed E-state index contributed by atoms with van der Waals surface area (Å²) < 4.78 is 0. The van der Waals surface area contributed by atoms with E-state index in [1.165, 1.54) is 0 Å². The van der Waals surface area contributed by atoms with Crippen LogP contribution < -0.4 is 10.6 Å². The Kier molecular flexibility index (Phi) is 4.00. The number of nitrogens with zero attached hydrogens (tertiary/aromatic N) is 3. The number of pyridine rings is 1. The number of primary amides is 1. The van der Waals surface area contributed by atoms with Crippen LogP contribution >= 0.6 is 0 Å². The summed E-state index contributed by atoms with van der Waals surface area (Å²) >= 11 is 0. The van der Waals surface area contributed by atoms with Crippen molar-refractivity contribution < 1.29 is 9.59 Å². The molecule has 4 rings (SSSR count). The van der Waals surface area contributed by atoms with Gasteiger partial charge in [0.25, 0.3) is 0 Å². The molecule has 0 bridgehead atoms. The van der Waals surface area contributed by atoms with Gasteiger partial charge < -0.3 is 10.6 Å². The van der Waals surface area contributed by atoms with Crippen molar-refractivity contribution in [3.63, 3.8) is 0 Å². The molecular formula is C20H22N4O2. The highest BCUT2D eigenvalue weighted by atomic mass is 16.2. The quantitative estimate of drug-likeness (QED) is 0.903. The Labute approximate surface area is 152 Å². The number of likely N-dealkylation sites (tertiary alicyclic amines) is 1. The number of rotatable bonds is 4. The summed E-state index contributed by atoms with van der Waals surface area (Å²) in [7, 11) is 0. The number of carbonyl (C=O) groups excluding carboxylic acids is 2. The van der Waals surface area contributed by atoms with E-state index in [0.29, 0.717) is 13.1 Å². The van der Waals surface area contributed by atoms with Crippen molar-refractivity contribution >= 4 is 17.5 Å². The third kappa shape index (κ3) is 2.66. The summed E-state index contributed by atoms with van der Waals surface area (Å²) in [6.07, 6.45) is 0.740. The van der Waals surface area contributed by atoms with Crippen LogP contribution in [0.3, 0.4) is 0 Å². The number of nitrogens with two attached hydrogens (primary N) is 1. The fourth-order valence-corrected chi connectivity index (χ4v) is 4.24. The normalized spacial score (nSPS) is 22.2. The molecule has 1 aromatic carbocycles. The molecule has 0 radical (unpaired) electrons. The van der Waals surface area contributed by atoms with Crippen LogP contribution in [0.5, 0.6) is 0 Å². The van der Waals surface area contributed by atoms with Gasteiger partial charge in [-0.1, -0.05) is 24.3 Å². The third-order valence-corrected chi connectivity index (χ3v) is 5.36. The van der Waals surface area contributed by atoms with Crippen LogP contribution in [0.2, 0.25) is 0 Å². The van der Waals surface area contributed by atoms with Gasteiger partial charge in [0.1, 0.15) is 6.54 Å². The van der Waals surface area contributed by atoms with Crippen molar-refractivity contribution in [2.24, 2.45) is 5.73 Å². The number of aromatic nitrogens is 1. The van der Waals surface area contributed by atoms with Gasteiger partial charge in [0.2, 0.25) is 11.8 Å². The third-order valence-electron chi connectivity index (χ3n) is 5.36. The van der Waals surface area contributed by atoms with Crippen LogP contribution in [0.1, 0.15) is 23.4 Å². The predicted octanol–water partition coefficient (Wildman–Crippen LogP) is 1.37. The van der Waals surface area contributed by atoms with Crippen molar-refractivity contribution in [3.05, 3.63) is 59.4 Å².